The Balaban J connectivity index is 1.89. The number of methoxy groups -OCH3 is 2. The second-order valence-electron chi connectivity index (χ2n) is 8.08. The van der Waals surface area contributed by atoms with E-state index in [2.05, 4.69) is 16.4 Å². The predicted octanol–water partition coefficient (Wildman–Crippen LogP) is 3.23. The molecule has 0 saturated heterocycles. The minimum atomic E-state index is -0.979. The highest BCUT2D eigenvalue weighted by atomic mass is 16.5. The van der Waals surface area contributed by atoms with E-state index in [-0.39, 0.29) is 22.7 Å². The monoisotopic (exact) mass is 509 g/mol. The van der Waals surface area contributed by atoms with E-state index in [1.807, 2.05) is 0 Å². The highest BCUT2D eigenvalue weighted by molar-refractivity contribution is 6.07. The first-order valence-corrected chi connectivity index (χ1v) is 11.4. The average molecular weight is 510 g/mol. The number of amides is 1. The van der Waals surface area contributed by atoms with Gasteiger partial charge in [-0.05, 0) is 35.9 Å². The van der Waals surface area contributed by atoms with E-state index < -0.39 is 23.8 Å². The summed E-state index contributed by atoms with van der Waals surface area (Å²) in [5.74, 6) is -3.16. The number of nitrogens with zero attached hydrogens (tertiary/aromatic N) is 3. The lowest BCUT2D eigenvalue weighted by molar-refractivity contribution is -0.139. The maximum absolute atomic E-state index is 13.2. The molecule has 0 fully saturated rings. The second kappa shape index (κ2) is 11.1. The molecule has 190 valence electrons. The number of carbonyl (C=O) groups is 3. The molecule has 2 heterocycles. The van der Waals surface area contributed by atoms with Crippen LogP contribution in [0.5, 0.6) is 0 Å². The van der Waals surface area contributed by atoms with Gasteiger partial charge in [-0.25, -0.2) is 9.59 Å². The van der Waals surface area contributed by atoms with Gasteiger partial charge >= 0.3 is 11.9 Å². The van der Waals surface area contributed by atoms with Crippen LogP contribution < -0.4 is 16.0 Å². The number of rotatable bonds is 6. The molecule has 1 aliphatic rings. The third-order valence-electron chi connectivity index (χ3n) is 5.90. The zero-order valence-corrected chi connectivity index (χ0v) is 20.5. The first kappa shape index (κ1) is 25.7. The van der Waals surface area contributed by atoms with Gasteiger partial charge in [0.1, 0.15) is 11.5 Å². The van der Waals surface area contributed by atoms with E-state index in [1.54, 1.807) is 72.9 Å². The SMILES string of the molecule is COC(=O)C1=C(C(=O)OC)N(c2cccc(NC(=O)c3cccnc3)c2)C(N)=C(C#N)C1c1ccccc1. The molecule has 0 bridgehead atoms. The number of nitriles is 1. The molecule has 1 atom stereocenters. The Bertz CT molecular complexity index is 1490. The topological polar surface area (TPSA) is 148 Å². The zero-order valence-electron chi connectivity index (χ0n) is 20.5. The smallest absolute Gasteiger partial charge is 0.355 e. The van der Waals surface area contributed by atoms with Gasteiger partial charge in [-0.3, -0.25) is 14.7 Å². The van der Waals surface area contributed by atoms with Crippen LogP contribution in [0, 0.1) is 11.3 Å². The van der Waals surface area contributed by atoms with Crippen LogP contribution in [-0.4, -0.2) is 37.0 Å². The van der Waals surface area contributed by atoms with E-state index in [9.17, 15) is 19.6 Å². The van der Waals surface area contributed by atoms with Crippen LogP contribution in [0.1, 0.15) is 21.8 Å². The van der Waals surface area contributed by atoms with E-state index in [4.69, 9.17) is 15.2 Å². The molecule has 10 heteroatoms. The van der Waals surface area contributed by atoms with Crippen LogP contribution >= 0.6 is 0 Å². The van der Waals surface area contributed by atoms with Gasteiger partial charge in [0.2, 0.25) is 0 Å². The van der Waals surface area contributed by atoms with E-state index in [0.717, 1.165) is 0 Å². The number of benzene rings is 2. The van der Waals surface area contributed by atoms with Crippen LogP contribution in [0.4, 0.5) is 11.4 Å². The minimum Gasteiger partial charge on any atom is -0.466 e. The first-order valence-electron chi connectivity index (χ1n) is 11.4. The third-order valence-corrected chi connectivity index (χ3v) is 5.90. The van der Waals surface area contributed by atoms with Crippen molar-refractivity contribution in [2.24, 2.45) is 5.73 Å². The number of aromatic nitrogens is 1. The largest absolute Gasteiger partial charge is 0.466 e. The Kier molecular flexibility index (Phi) is 7.49. The lowest BCUT2D eigenvalue weighted by Crippen LogP contribution is -2.40. The molecular weight excluding hydrogens is 486 g/mol. The van der Waals surface area contributed by atoms with E-state index >= 15 is 0 Å². The van der Waals surface area contributed by atoms with Crippen LogP contribution in [0.15, 0.2) is 102 Å². The number of nitrogens with two attached hydrogens (primary N) is 1. The fourth-order valence-electron chi connectivity index (χ4n) is 4.20. The van der Waals surface area contributed by atoms with Crippen molar-refractivity contribution in [1.82, 2.24) is 4.98 Å². The summed E-state index contributed by atoms with van der Waals surface area (Å²) in [6.07, 6.45) is 2.98. The number of hydrogen-bond donors (Lipinski definition) is 2. The second-order valence-corrected chi connectivity index (χ2v) is 8.08. The van der Waals surface area contributed by atoms with Gasteiger partial charge in [-0.1, -0.05) is 36.4 Å². The Morgan fingerprint density at radius 2 is 1.74 bits per heavy atom. The highest BCUT2D eigenvalue weighted by Gasteiger charge is 2.43. The lowest BCUT2D eigenvalue weighted by Gasteiger charge is -2.36. The number of hydrogen-bond acceptors (Lipinski definition) is 9. The minimum absolute atomic E-state index is 0.0362. The van der Waals surface area contributed by atoms with Crippen molar-refractivity contribution in [1.29, 1.82) is 5.26 Å². The molecule has 10 nitrogen and oxygen atoms in total. The van der Waals surface area contributed by atoms with Crippen molar-refractivity contribution >= 4 is 29.2 Å². The van der Waals surface area contributed by atoms with Crippen molar-refractivity contribution in [2.45, 2.75) is 5.92 Å². The molecule has 3 N–H and O–H groups in total. The molecule has 1 amide bonds. The van der Waals surface area contributed by atoms with Crippen LogP contribution in [0.2, 0.25) is 0 Å². The van der Waals surface area contributed by atoms with Gasteiger partial charge in [-0.15, -0.1) is 0 Å². The molecule has 4 rings (SSSR count). The summed E-state index contributed by atoms with van der Waals surface area (Å²) in [6.45, 7) is 0. The lowest BCUT2D eigenvalue weighted by atomic mass is 9.81. The summed E-state index contributed by atoms with van der Waals surface area (Å²) in [4.78, 5) is 44.2. The average Bonchev–Trinajstić information content (AvgIpc) is 2.96. The standard InChI is InChI=1S/C28H23N5O5/c1-37-27(35)23-22(17-8-4-3-5-9-17)21(15-29)25(30)33(24(23)28(36)38-2)20-12-6-11-19(14-20)32-26(34)18-10-7-13-31-16-18/h3-14,16,22H,30H2,1-2H3,(H,32,34). The first-order chi connectivity index (χ1) is 18.4. The summed E-state index contributed by atoms with van der Waals surface area (Å²) < 4.78 is 10.1. The van der Waals surface area contributed by atoms with Gasteiger partial charge in [0, 0.05) is 23.8 Å². The van der Waals surface area contributed by atoms with Crippen LogP contribution in [0.3, 0.4) is 0 Å². The number of esters is 2. The number of allylic oxidation sites excluding steroid dienone is 1. The molecule has 1 unspecified atom stereocenters. The van der Waals surface area contributed by atoms with Crippen molar-refractivity contribution in [2.75, 3.05) is 24.4 Å². The normalized spacial score (nSPS) is 15.0. The van der Waals surface area contributed by atoms with Crippen molar-refractivity contribution in [3.8, 4) is 6.07 Å². The van der Waals surface area contributed by atoms with Gasteiger partial charge in [0.15, 0.2) is 0 Å². The van der Waals surface area contributed by atoms with Gasteiger partial charge in [0.05, 0.1) is 42.9 Å². The quantitative estimate of drug-likeness (QED) is 0.478. The molecule has 1 aromatic heterocycles. The fraction of sp³-hybridized carbons (Fsp3) is 0.107. The summed E-state index contributed by atoms with van der Waals surface area (Å²) in [7, 11) is 2.35. The number of nitrogens with one attached hydrogen (secondary N) is 1. The van der Waals surface area contributed by atoms with Gasteiger partial charge < -0.3 is 20.5 Å². The summed E-state index contributed by atoms with van der Waals surface area (Å²) in [5, 5.41) is 12.9. The highest BCUT2D eigenvalue weighted by Crippen LogP contribution is 2.43. The Labute approximate surface area is 218 Å². The maximum atomic E-state index is 13.2. The predicted molar refractivity (Wildman–Crippen MR) is 138 cm³/mol. The van der Waals surface area contributed by atoms with E-state index in [1.165, 1.54) is 25.3 Å². The van der Waals surface area contributed by atoms with Crippen LogP contribution in [0.25, 0.3) is 0 Å². The molecular formula is C28H23N5O5. The molecule has 38 heavy (non-hydrogen) atoms. The van der Waals surface area contributed by atoms with Gasteiger partial charge in [-0.2, -0.15) is 5.26 Å². The maximum Gasteiger partial charge on any atom is 0.355 e. The van der Waals surface area contributed by atoms with E-state index in [0.29, 0.717) is 22.5 Å². The third kappa shape index (κ3) is 4.81. The van der Waals surface area contributed by atoms with Crippen molar-refractivity contribution in [3.05, 3.63) is 113 Å². The van der Waals surface area contributed by atoms with Gasteiger partial charge in [0.25, 0.3) is 5.91 Å². The van der Waals surface area contributed by atoms with Crippen molar-refractivity contribution < 1.29 is 23.9 Å². The molecule has 0 spiro atoms. The number of ether oxygens (including phenoxy) is 2. The molecule has 2 aromatic carbocycles. The van der Waals surface area contributed by atoms with Crippen molar-refractivity contribution in [3.63, 3.8) is 0 Å². The number of carbonyl (C=O) groups excluding carboxylic acids is 3. The fourth-order valence-corrected chi connectivity index (χ4v) is 4.20. The summed E-state index contributed by atoms with van der Waals surface area (Å²) in [5.41, 5.74) is 7.81. The Morgan fingerprint density at radius 1 is 1.00 bits per heavy atom. The molecule has 1 aliphatic heterocycles. The number of anilines is 2. The number of pyridine rings is 1. The summed E-state index contributed by atoms with van der Waals surface area (Å²) in [6, 6.07) is 20.5. The van der Waals surface area contributed by atoms with Crippen LogP contribution in [-0.2, 0) is 19.1 Å². The molecule has 3 aromatic rings. The Morgan fingerprint density at radius 3 is 2.37 bits per heavy atom. The summed E-state index contributed by atoms with van der Waals surface area (Å²) >= 11 is 0. The molecule has 0 radical (unpaired) electrons. The Hall–Kier alpha value is -5.43. The molecule has 0 aliphatic carbocycles. The molecule has 0 saturated carbocycles. The zero-order chi connectivity index (χ0) is 27.2.